The lowest BCUT2D eigenvalue weighted by Gasteiger charge is -2.06. The second-order valence-corrected chi connectivity index (χ2v) is 7.05. The second kappa shape index (κ2) is 9.75. The van der Waals surface area contributed by atoms with Crippen molar-refractivity contribution in [3.63, 3.8) is 0 Å². The maximum Gasteiger partial charge on any atom is 0.365 e. The van der Waals surface area contributed by atoms with E-state index in [2.05, 4.69) is 10.1 Å². The van der Waals surface area contributed by atoms with Gasteiger partial charge >= 0.3 is 5.97 Å². The maximum absolute atomic E-state index is 12.4. The summed E-state index contributed by atoms with van der Waals surface area (Å²) >= 11 is 0. The summed E-state index contributed by atoms with van der Waals surface area (Å²) in [5, 5.41) is 3.83. The summed E-state index contributed by atoms with van der Waals surface area (Å²) in [7, 11) is 0. The van der Waals surface area contributed by atoms with Crippen LogP contribution in [0, 0.1) is 6.92 Å². The molecule has 4 rings (SSSR count). The first-order valence-electron chi connectivity index (χ1n) is 10.2. The van der Waals surface area contributed by atoms with Gasteiger partial charge in [0.15, 0.2) is 11.5 Å². The van der Waals surface area contributed by atoms with Crippen LogP contribution in [0.2, 0.25) is 0 Å². The van der Waals surface area contributed by atoms with Gasteiger partial charge in [-0.25, -0.2) is 4.79 Å². The van der Waals surface area contributed by atoms with Crippen LogP contribution in [-0.4, -0.2) is 23.9 Å². The zero-order valence-corrected chi connectivity index (χ0v) is 17.8. The van der Waals surface area contributed by atoms with Crippen LogP contribution in [0.15, 0.2) is 88.4 Å². The number of aliphatic imine (C=N–C) groups is 1. The van der Waals surface area contributed by atoms with Crippen LogP contribution < -0.4 is 9.47 Å². The Hall–Kier alpha value is -4.19. The standard InChI is InChI=1S/C26H22N2O4/c1-3-30-24-7-5-4-6-20(24)17-27-21-12-14-22(15-13-21)31-26(29)23-16-25(32-28-23)19-10-8-18(2)9-11-19/h4-17H,3H2,1-2H3. The highest BCUT2D eigenvalue weighted by Gasteiger charge is 2.16. The van der Waals surface area contributed by atoms with Crippen molar-refractivity contribution in [3.05, 3.63) is 95.7 Å². The first-order chi connectivity index (χ1) is 15.6. The highest BCUT2D eigenvalue weighted by atomic mass is 16.5. The largest absolute Gasteiger partial charge is 0.493 e. The van der Waals surface area contributed by atoms with Gasteiger partial charge in [0, 0.05) is 23.4 Å². The molecule has 0 spiro atoms. The first-order valence-corrected chi connectivity index (χ1v) is 10.2. The van der Waals surface area contributed by atoms with Gasteiger partial charge in [-0.2, -0.15) is 0 Å². The molecule has 3 aromatic carbocycles. The molecule has 0 aliphatic carbocycles. The highest BCUT2D eigenvalue weighted by Crippen LogP contribution is 2.23. The van der Waals surface area contributed by atoms with Crippen molar-refractivity contribution >= 4 is 17.9 Å². The maximum atomic E-state index is 12.4. The Balaban J connectivity index is 1.41. The van der Waals surface area contributed by atoms with E-state index in [9.17, 15) is 4.79 Å². The van der Waals surface area contributed by atoms with Gasteiger partial charge in [-0.15, -0.1) is 0 Å². The molecule has 6 heteroatoms. The molecule has 0 aliphatic rings. The topological polar surface area (TPSA) is 73.9 Å². The van der Waals surface area contributed by atoms with Gasteiger partial charge in [0.1, 0.15) is 11.5 Å². The lowest BCUT2D eigenvalue weighted by molar-refractivity contribution is 0.0724. The Kier molecular flexibility index (Phi) is 6.41. The predicted octanol–water partition coefficient (Wildman–Crippen LogP) is 6.02. The van der Waals surface area contributed by atoms with E-state index < -0.39 is 5.97 Å². The molecule has 0 amide bonds. The third kappa shape index (κ3) is 5.10. The summed E-state index contributed by atoms with van der Waals surface area (Å²) in [4.78, 5) is 16.9. The molecule has 0 aliphatic heterocycles. The fraction of sp³-hybridized carbons (Fsp3) is 0.115. The van der Waals surface area contributed by atoms with Crippen LogP contribution in [0.25, 0.3) is 11.3 Å². The van der Waals surface area contributed by atoms with E-state index in [1.54, 1.807) is 36.5 Å². The number of hydrogen-bond acceptors (Lipinski definition) is 6. The van der Waals surface area contributed by atoms with Crippen molar-refractivity contribution in [2.45, 2.75) is 13.8 Å². The molecule has 0 atom stereocenters. The van der Waals surface area contributed by atoms with Gasteiger partial charge in [0.2, 0.25) is 0 Å². The minimum absolute atomic E-state index is 0.107. The Morgan fingerprint density at radius 3 is 2.53 bits per heavy atom. The van der Waals surface area contributed by atoms with Crippen LogP contribution >= 0.6 is 0 Å². The second-order valence-electron chi connectivity index (χ2n) is 7.05. The van der Waals surface area contributed by atoms with Crippen molar-refractivity contribution in [3.8, 4) is 22.8 Å². The number of carbonyl (C=O) groups excluding carboxylic acids is 1. The van der Waals surface area contributed by atoms with Crippen LogP contribution in [0.3, 0.4) is 0 Å². The van der Waals surface area contributed by atoms with Crippen molar-refractivity contribution in [2.75, 3.05) is 6.61 Å². The Morgan fingerprint density at radius 1 is 1.03 bits per heavy atom. The summed E-state index contributed by atoms with van der Waals surface area (Å²) in [6, 6.07) is 23.9. The molecule has 6 nitrogen and oxygen atoms in total. The zero-order valence-electron chi connectivity index (χ0n) is 17.8. The number of carbonyl (C=O) groups is 1. The summed E-state index contributed by atoms with van der Waals surface area (Å²) < 4.78 is 16.3. The average Bonchev–Trinajstić information content (AvgIpc) is 3.31. The number of nitrogens with zero attached hydrogens (tertiary/aromatic N) is 2. The molecular weight excluding hydrogens is 404 g/mol. The SMILES string of the molecule is CCOc1ccccc1C=Nc1ccc(OC(=O)c2cc(-c3ccc(C)cc3)on2)cc1. The van der Waals surface area contributed by atoms with Crippen LogP contribution in [0.4, 0.5) is 5.69 Å². The molecule has 0 radical (unpaired) electrons. The highest BCUT2D eigenvalue weighted by molar-refractivity contribution is 5.90. The van der Waals surface area contributed by atoms with Gasteiger partial charge in [0.05, 0.1) is 12.3 Å². The predicted molar refractivity (Wildman–Crippen MR) is 123 cm³/mol. The summed E-state index contributed by atoms with van der Waals surface area (Å²) in [5.41, 5.74) is 3.70. The molecule has 0 unspecified atom stereocenters. The number of para-hydroxylation sites is 1. The number of hydrogen-bond donors (Lipinski definition) is 0. The minimum atomic E-state index is -0.589. The molecule has 1 heterocycles. The lowest BCUT2D eigenvalue weighted by atomic mass is 10.1. The fourth-order valence-corrected chi connectivity index (χ4v) is 3.00. The van der Waals surface area contributed by atoms with E-state index in [0.29, 0.717) is 18.1 Å². The van der Waals surface area contributed by atoms with Gasteiger partial charge in [-0.1, -0.05) is 47.1 Å². The van der Waals surface area contributed by atoms with Crippen LogP contribution in [-0.2, 0) is 0 Å². The molecule has 0 saturated carbocycles. The molecular formula is C26H22N2O4. The van der Waals surface area contributed by atoms with Crippen molar-refractivity contribution in [1.82, 2.24) is 5.16 Å². The number of aryl methyl sites for hydroxylation is 1. The first kappa shape index (κ1) is 21.1. The molecule has 32 heavy (non-hydrogen) atoms. The van der Waals surface area contributed by atoms with Gasteiger partial charge in [0.25, 0.3) is 0 Å². The van der Waals surface area contributed by atoms with Crippen LogP contribution in [0.5, 0.6) is 11.5 Å². The molecule has 4 aromatic rings. The van der Waals surface area contributed by atoms with Gasteiger partial charge in [-0.3, -0.25) is 4.99 Å². The number of aromatic nitrogens is 1. The molecule has 0 N–H and O–H groups in total. The molecule has 0 bridgehead atoms. The Labute approximate surface area is 186 Å². The van der Waals surface area contributed by atoms with Gasteiger partial charge < -0.3 is 14.0 Å². The lowest BCUT2D eigenvalue weighted by Crippen LogP contribution is -2.08. The summed E-state index contributed by atoms with van der Waals surface area (Å²) in [6.07, 6.45) is 1.74. The average molecular weight is 426 g/mol. The summed E-state index contributed by atoms with van der Waals surface area (Å²) in [6.45, 7) is 4.53. The summed E-state index contributed by atoms with van der Waals surface area (Å²) in [5.74, 6) is 1.09. The van der Waals surface area contributed by atoms with Gasteiger partial charge in [-0.05, 0) is 50.2 Å². The smallest absolute Gasteiger partial charge is 0.365 e. The third-order valence-corrected chi connectivity index (χ3v) is 4.67. The monoisotopic (exact) mass is 426 g/mol. The number of ether oxygens (including phenoxy) is 2. The molecule has 0 fully saturated rings. The number of benzene rings is 3. The van der Waals surface area contributed by atoms with E-state index >= 15 is 0 Å². The fourth-order valence-electron chi connectivity index (χ4n) is 3.00. The molecule has 160 valence electrons. The quantitative estimate of drug-likeness (QED) is 0.205. The number of esters is 1. The Bertz CT molecular complexity index is 1230. The van der Waals surface area contributed by atoms with E-state index in [0.717, 1.165) is 28.1 Å². The number of rotatable bonds is 7. The zero-order chi connectivity index (χ0) is 22.3. The minimum Gasteiger partial charge on any atom is -0.493 e. The van der Waals surface area contributed by atoms with Crippen molar-refractivity contribution in [2.24, 2.45) is 4.99 Å². The van der Waals surface area contributed by atoms with E-state index in [1.807, 2.05) is 62.4 Å². The van der Waals surface area contributed by atoms with E-state index in [1.165, 1.54) is 0 Å². The van der Waals surface area contributed by atoms with Crippen molar-refractivity contribution < 1.29 is 18.8 Å². The van der Waals surface area contributed by atoms with Crippen molar-refractivity contribution in [1.29, 1.82) is 0 Å². The molecule has 0 saturated heterocycles. The van der Waals surface area contributed by atoms with Crippen LogP contribution in [0.1, 0.15) is 28.5 Å². The Morgan fingerprint density at radius 2 is 1.78 bits per heavy atom. The van der Waals surface area contributed by atoms with E-state index in [4.69, 9.17) is 14.0 Å². The normalized spacial score (nSPS) is 10.9. The van der Waals surface area contributed by atoms with E-state index in [-0.39, 0.29) is 5.69 Å². The third-order valence-electron chi connectivity index (χ3n) is 4.67. The molecule has 1 aromatic heterocycles.